The molecule has 0 unspecified atom stereocenters. The molecule has 28 heavy (non-hydrogen) atoms. The standard InChI is InChI=1S/C23H25N3O2/c1-4-26(16-17-10-6-5-7-11-17)22(28)23(2,3)21(27)25-19-14-8-12-18-13-9-15-24-20(18)19/h5-15H,4,16H2,1-3H3,(H,25,27). The second-order valence-corrected chi connectivity index (χ2v) is 7.26. The number of amides is 2. The summed E-state index contributed by atoms with van der Waals surface area (Å²) in [5, 5.41) is 3.83. The highest BCUT2D eigenvalue weighted by Crippen LogP contribution is 2.26. The van der Waals surface area contributed by atoms with E-state index in [-0.39, 0.29) is 11.8 Å². The fraction of sp³-hybridized carbons (Fsp3) is 0.261. The van der Waals surface area contributed by atoms with E-state index in [1.54, 1.807) is 31.0 Å². The van der Waals surface area contributed by atoms with Crippen molar-refractivity contribution in [2.75, 3.05) is 11.9 Å². The Morgan fingerprint density at radius 1 is 1.00 bits per heavy atom. The molecule has 0 saturated heterocycles. The summed E-state index contributed by atoms with van der Waals surface area (Å²) in [7, 11) is 0. The summed E-state index contributed by atoms with van der Waals surface area (Å²) in [6.45, 7) is 6.25. The van der Waals surface area contributed by atoms with E-state index >= 15 is 0 Å². The second-order valence-electron chi connectivity index (χ2n) is 7.26. The molecule has 5 nitrogen and oxygen atoms in total. The van der Waals surface area contributed by atoms with Crippen LogP contribution in [0.5, 0.6) is 0 Å². The number of anilines is 1. The van der Waals surface area contributed by atoms with Crippen LogP contribution in [0.3, 0.4) is 0 Å². The average Bonchev–Trinajstić information content (AvgIpc) is 2.72. The minimum absolute atomic E-state index is 0.204. The normalized spacial score (nSPS) is 11.2. The van der Waals surface area contributed by atoms with E-state index in [9.17, 15) is 9.59 Å². The third-order valence-corrected chi connectivity index (χ3v) is 4.87. The molecule has 1 heterocycles. The Kier molecular flexibility index (Phi) is 5.73. The fourth-order valence-corrected chi connectivity index (χ4v) is 3.11. The van der Waals surface area contributed by atoms with Crippen LogP contribution in [0.4, 0.5) is 5.69 Å². The predicted molar refractivity (Wildman–Crippen MR) is 112 cm³/mol. The number of para-hydroxylation sites is 1. The number of fused-ring (bicyclic) bond motifs is 1. The first-order valence-corrected chi connectivity index (χ1v) is 9.42. The first-order valence-electron chi connectivity index (χ1n) is 9.42. The van der Waals surface area contributed by atoms with E-state index in [0.717, 1.165) is 10.9 Å². The highest BCUT2D eigenvalue weighted by molar-refractivity contribution is 6.12. The van der Waals surface area contributed by atoms with E-state index in [4.69, 9.17) is 0 Å². The Morgan fingerprint density at radius 3 is 2.43 bits per heavy atom. The molecule has 1 N–H and O–H groups in total. The van der Waals surface area contributed by atoms with Gasteiger partial charge in [0, 0.05) is 24.7 Å². The van der Waals surface area contributed by atoms with E-state index in [0.29, 0.717) is 24.3 Å². The van der Waals surface area contributed by atoms with Crippen molar-refractivity contribution in [3.05, 3.63) is 72.4 Å². The second kappa shape index (κ2) is 8.21. The van der Waals surface area contributed by atoms with Crippen molar-refractivity contribution in [3.63, 3.8) is 0 Å². The lowest BCUT2D eigenvalue weighted by atomic mass is 9.89. The van der Waals surface area contributed by atoms with Gasteiger partial charge in [-0.25, -0.2) is 0 Å². The zero-order valence-corrected chi connectivity index (χ0v) is 16.5. The number of carbonyl (C=O) groups is 2. The van der Waals surface area contributed by atoms with Crippen LogP contribution in [0.2, 0.25) is 0 Å². The molecule has 2 aromatic carbocycles. The molecule has 0 atom stereocenters. The SMILES string of the molecule is CCN(Cc1ccccc1)C(=O)C(C)(C)C(=O)Nc1cccc2cccnc12. The van der Waals surface area contributed by atoms with Gasteiger partial charge in [-0.1, -0.05) is 48.5 Å². The van der Waals surface area contributed by atoms with Gasteiger partial charge < -0.3 is 10.2 Å². The maximum atomic E-state index is 13.1. The molecule has 0 bridgehead atoms. The van der Waals surface area contributed by atoms with E-state index < -0.39 is 5.41 Å². The molecule has 3 aromatic rings. The largest absolute Gasteiger partial charge is 0.338 e. The molecule has 0 fully saturated rings. The molecule has 0 aliphatic rings. The quantitative estimate of drug-likeness (QED) is 0.655. The van der Waals surface area contributed by atoms with Crippen molar-refractivity contribution in [1.82, 2.24) is 9.88 Å². The van der Waals surface area contributed by atoms with Gasteiger partial charge in [0.15, 0.2) is 0 Å². The number of hydrogen-bond donors (Lipinski definition) is 1. The van der Waals surface area contributed by atoms with Crippen LogP contribution in [-0.4, -0.2) is 28.2 Å². The van der Waals surface area contributed by atoms with E-state index in [1.807, 2.05) is 61.5 Å². The molecule has 0 aliphatic carbocycles. The van der Waals surface area contributed by atoms with E-state index in [2.05, 4.69) is 10.3 Å². The number of nitrogens with zero attached hydrogens (tertiary/aromatic N) is 2. The summed E-state index contributed by atoms with van der Waals surface area (Å²) in [4.78, 5) is 32.2. The molecule has 5 heteroatoms. The van der Waals surface area contributed by atoms with Crippen LogP contribution < -0.4 is 5.32 Å². The third kappa shape index (κ3) is 4.03. The molecular formula is C23H25N3O2. The van der Waals surface area contributed by atoms with Crippen molar-refractivity contribution in [2.45, 2.75) is 27.3 Å². The van der Waals surface area contributed by atoms with Gasteiger partial charge in [-0.3, -0.25) is 14.6 Å². The maximum absolute atomic E-state index is 13.1. The van der Waals surface area contributed by atoms with Crippen molar-refractivity contribution < 1.29 is 9.59 Å². The highest BCUT2D eigenvalue weighted by Gasteiger charge is 2.39. The first-order chi connectivity index (χ1) is 13.4. The summed E-state index contributed by atoms with van der Waals surface area (Å²) in [5.41, 5.74) is 1.14. The lowest BCUT2D eigenvalue weighted by Gasteiger charge is -2.30. The van der Waals surface area contributed by atoms with Crippen LogP contribution in [0.1, 0.15) is 26.3 Å². The summed E-state index contributed by atoms with van der Waals surface area (Å²) in [6.07, 6.45) is 1.69. The zero-order chi connectivity index (χ0) is 20.1. The molecule has 3 rings (SSSR count). The molecular weight excluding hydrogens is 350 g/mol. The van der Waals surface area contributed by atoms with Gasteiger partial charge in [0.05, 0.1) is 11.2 Å². The molecule has 2 amide bonds. The van der Waals surface area contributed by atoms with Crippen LogP contribution in [0.25, 0.3) is 10.9 Å². The maximum Gasteiger partial charge on any atom is 0.239 e. The topological polar surface area (TPSA) is 62.3 Å². The minimum atomic E-state index is -1.21. The number of carbonyl (C=O) groups excluding carboxylic acids is 2. The van der Waals surface area contributed by atoms with Crippen molar-refractivity contribution >= 4 is 28.4 Å². The van der Waals surface area contributed by atoms with Crippen LogP contribution in [0.15, 0.2) is 66.9 Å². The van der Waals surface area contributed by atoms with Crippen LogP contribution >= 0.6 is 0 Å². The van der Waals surface area contributed by atoms with Crippen molar-refractivity contribution in [1.29, 1.82) is 0 Å². The lowest BCUT2D eigenvalue weighted by Crippen LogP contribution is -2.47. The number of rotatable bonds is 6. The Hall–Kier alpha value is -3.21. The minimum Gasteiger partial charge on any atom is -0.338 e. The van der Waals surface area contributed by atoms with Gasteiger partial charge in [0.1, 0.15) is 5.41 Å². The molecule has 0 saturated carbocycles. The fourth-order valence-electron chi connectivity index (χ4n) is 3.11. The summed E-state index contributed by atoms with van der Waals surface area (Å²) < 4.78 is 0. The van der Waals surface area contributed by atoms with Gasteiger partial charge in [0.2, 0.25) is 11.8 Å². The molecule has 0 spiro atoms. The number of pyridine rings is 1. The Balaban J connectivity index is 1.80. The summed E-state index contributed by atoms with van der Waals surface area (Å²) >= 11 is 0. The number of hydrogen-bond acceptors (Lipinski definition) is 3. The predicted octanol–water partition coefficient (Wildman–Crippen LogP) is 4.25. The Bertz CT molecular complexity index is 978. The molecule has 0 radical (unpaired) electrons. The van der Waals surface area contributed by atoms with E-state index in [1.165, 1.54) is 0 Å². The van der Waals surface area contributed by atoms with Gasteiger partial charge in [-0.15, -0.1) is 0 Å². The van der Waals surface area contributed by atoms with Crippen LogP contribution in [0, 0.1) is 5.41 Å². The van der Waals surface area contributed by atoms with Gasteiger partial charge in [0.25, 0.3) is 0 Å². The number of benzene rings is 2. The Morgan fingerprint density at radius 2 is 1.71 bits per heavy atom. The summed E-state index contributed by atoms with van der Waals surface area (Å²) in [6, 6.07) is 19.2. The number of nitrogens with one attached hydrogen (secondary N) is 1. The average molecular weight is 375 g/mol. The molecule has 144 valence electrons. The smallest absolute Gasteiger partial charge is 0.239 e. The first kappa shape index (κ1) is 19.5. The van der Waals surface area contributed by atoms with Crippen LogP contribution in [-0.2, 0) is 16.1 Å². The molecule has 1 aromatic heterocycles. The van der Waals surface area contributed by atoms with Gasteiger partial charge in [-0.05, 0) is 38.5 Å². The van der Waals surface area contributed by atoms with Crippen molar-refractivity contribution in [3.8, 4) is 0 Å². The summed E-state index contributed by atoms with van der Waals surface area (Å²) in [5.74, 6) is -0.549. The zero-order valence-electron chi connectivity index (χ0n) is 16.5. The lowest BCUT2D eigenvalue weighted by molar-refractivity contribution is -0.146. The van der Waals surface area contributed by atoms with Gasteiger partial charge >= 0.3 is 0 Å². The Labute approximate surface area is 165 Å². The van der Waals surface area contributed by atoms with Gasteiger partial charge in [-0.2, -0.15) is 0 Å². The number of aromatic nitrogens is 1. The van der Waals surface area contributed by atoms with Crippen molar-refractivity contribution in [2.24, 2.45) is 5.41 Å². The monoisotopic (exact) mass is 375 g/mol. The highest BCUT2D eigenvalue weighted by atomic mass is 16.2. The third-order valence-electron chi connectivity index (χ3n) is 4.87. The molecule has 0 aliphatic heterocycles.